The standard InChI is InChI=1S/C26H21N5O3S/c1-35(33,34)31-12-9-22(17-31)26(32)29-16-23-14-25-21(15-28-23)5-6-24(30-25)20-4-2-3-19(13-20)18-7-10-27-11-8-18/h2-15,17H,16H2,1H3,(H,29,32). The third-order valence-corrected chi connectivity index (χ3v) is 6.54. The van der Waals surface area contributed by atoms with E-state index in [-0.39, 0.29) is 18.0 Å². The number of carbonyl (C=O) groups excluding carboxylic acids is 1. The van der Waals surface area contributed by atoms with E-state index in [1.807, 2.05) is 42.5 Å². The Kier molecular flexibility index (Phi) is 5.84. The van der Waals surface area contributed by atoms with Crippen LogP contribution in [0.1, 0.15) is 16.1 Å². The number of pyridine rings is 3. The molecule has 5 aromatic rings. The Labute approximate surface area is 202 Å². The molecule has 0 aliphatic rings. The van der Waals surface area contributed by atoms with Gasteiger partial charge in [0.15, 0.2) is 0 Å². The predicted octanol–water partition coefficient (Wildman–Crippen LogP) is 3.90. The van der Waals surface area contributed by atoms with E-state index in [0.29, 0.717) is 5.69 Å². The third-order valence-electron chi connectivity index (χ3n) is 5.54. The highest BCUT2D eigenvalue weighted by molar-refractivity contribution is 7.89. The molecule has 5 rings (SSSR count). The van der Waals surface area contributed by atoms with Crippen molar-refractivity contribution in [2.24, 2.45) is 0 Å². The molecule has 0 saturated heterocycles. The van der Waals surface area contributed by atoms with E-state index in [1.165, 1.54) is 18.5 Å². The lowest BCUT2D eigenvalue weighted by atomic mass is 10.0. The Morgan fingerprint density at radius 1 is 0.971 bits per heavy atom. The summed E-state index contributed by atoms with van der Waals surface area (Å²) in [5.41, 5.74) is 5.64. The summed E-state index contributed by atoms with van der Waals surface area (Å²) in [7, 11) is -3.44. The van der Waals surface area contributed by atoms with Gasteiger partial charge in [-0.05, 0) is 53.6 Å². The molecule has 0 atom stereocenters. The summed E-state index contributed by atoms with van der Waals surface area (Å²) in [6.07, 6.45) is 8.96. The second-order valence-corrected chi connectivity index (χ2v) is 9.94. The van der Waals surface area contributed by atoms with Crippen LogP contribution in [0.5, 0.6) is 0 Å². The van der Waals surface area contributed by atoms with Crippen molar-refractivity contribution in [3.63, 3.8) is 0 Å². The SMILES string of the molecule is CS(=O)(=O)n1ccc(C(=O)NCc2cc3nc(-c4cccc(-c5ccncc5)c4)ccc3cn2)c1. The fourth-order valence-corrected chi connectivity index (χ4v) is 4.30. The molecule has 0 bridgehead atoms. The van der Waals surface area contributed by atoms with Crippen molar-refractivity contribution in [1.29, 1.82) is 0 Å². The molecule has 1 aromatic carbocycles. The summed E-state index contributed by atoms with van der Waals surface area (Å²) in [5.74, 6) is -0.385. The number of hydrogen-bond acceptors (Lipinski definition) is 6. The Hall–Kier alpha value is -4.37. The van der Waals surface area contributed by atoms with E-state index < -0.39 is 10.0 Å². The molecule has 0 unspecified atom stereocenters. The van der Waals surface area contributed by atoms with E-state index in [9.17, 15) is 13.2 Å². The van der Waals surface area contributed by atoms with Gasteiger partial charge in [0, 0.05) is 41.9 Å². The van der Waals surface area contributed by atoms with Crippen LogP contribution in [0, 0.1) is 0 Å². The van der Waals surface area contributed by atoms with Crippen molar-refractivity contribution in [2.75, 3.05) is 6.26 Å². The molecule has 0 radical (unpaired) electrons. The maximum Gasteiger partial charge on any atom is 0.253 e. The van der Waals surface area contributed by atoms with Gasteiger partial charge in [0.25, 0.3) is 5.91 Å². The fraction of sp³-hybridized carbons (Fsp3) is 0.0769. The number of nitrogens with one attached hydrogen (secondary N) is 1. The van der Waals surface area contributed by atoms with Crippen molar-refractivity contribution < 1.29 is 13.2 Å². The molecule has 0 spiro atoms. The third kappa shape index (κ3) is 4.95. The lowest BCUT2D eigenvalue weighted by Crippen LogP contribution is -2.23. The molecule has 4 heterocycles. The Morgan fingerprint density at radius 3 is 2.54 bits per heavy atom. The number of benzene rings is 1. The van der Waals surface area contributed by atoms with Crippen LogP contribution in [0.3, 0.4) is 0 Å². The number of amides is 1. The second-order valence-electron chi connectivity index (χ2n) is 8.06. The average Bonchev–Trinajstić information content (AvgIpc) is 3.39. The molecule has 0 aliphatic heterocycles. The minimum Gasteiger partial charge on any atom is -0.346 e. The van der Waals surface area contributed by atoms with Gasteiger partial charge in [-0.2, -0.15) is 0 Å². The highest BCUT2D eigenvalue weighted by Crippen LogP contribution is 2.26. The quantitative estimate of drug-likeness (QED) is 0.393. The average molecular weight is 484 g/mol. The van der Waals surface area contributed by atoms with Gasteiger partial charge in [0.05, 0.1) is 35.3 Å². The molecule has 0 saturated carbocycles. The molecule has 174 valence electrons. The lowest BCUT2D eigenvalue weighted by molar-refractivity contribution is 0.0950. The summed E-state index contributed by atoms with van der Waals surface area (Å²) < 4.78 is 24.2. The zero-order valence-electron chi connectivity index (χ0n) is 18.8. The van der Waals surface area contributed by atoms with Gasteiger partial charge >= 0.3 is 0 Å². The highest BCUT2D eigenvalue weighted by Gasteiger charge is 2.12. The zero-order chi connectivity index (χ0) is 24.4. The number of carbonyl (C=O) groups is 1. The molecule has 0 fully saturated rings. The molecule has 1 amide bonds. The highest BCUT2D eigenvalue weighted by atomic mass is 32.2. The van der Waals surface area contributed by atoms with Crippen LogP contribution in [-0.4, -0.2) is 39.5 Å². The molecule has 9 heteroatoms. The number of rotatable bonds is 6. The van der Waals surface area contributed by atoms with Gasteiger partial charge in [-0.1, -0.05) is 18.2 Å². The van der Waals surface area contributed by atoms with E-state index in [4.69, 9.17) is 4.98 Å². The zero-order valence-corrected chi connectivity index (χ0v) is 19.6. The van der Waals surface area contributed by atoms with Crippen LogP contribution in [0.2, 0.25) is 0 Å². The smallest absolute Gasteiger partial charge is 0.253 e. The predicted molar refractivity (Wildman–Crippen MR) is 134 cm³/mol. The molecule has 1 N–H and O–H groups in total. The molecular formula is C26H21N5O3S. The molecular weight excluding hydrogens is 462 g/mol. The lowest BCUT2D eigenvalue weighted by Gasteiger charge is -2.08. The van der Waals surface area contributed by atoms with Crippen LogP contribution in [0.4, 0.5) is 0 Å². The minimum absolute atomic E-state index is 0.183. The maximum atomic E-state index is 12.4. The van der Waals surface area contributed by atoms with Crippen molar-refractivity contribution in [2.45, 2.75) is 6.54 Å². The fourth-order valence-electron chi connectivity index (χ4n) is 3.71. The number of aromatic nitrogens is 4. The van der Waals surface area contributed by atoms with E-state index in [2.05, 4.69) is 27.4 Å². The summed E-state index contributed by atoms with van der Waals surface area (Å²) in [4.78, 5) is 25.8. The van der Waals surface area contributed by atoms with Gasteiger partial charge in [0.1, 0.15) is 0 Å². The van der Waals surface area contributed by atoms with Gasteiger partial charge in [-0.3, -0.25) is 18.7 Å². The topological polar surface area (TPSA) is 107 Å². The van der Waals surface area contributed by atoms with Crippen LogP contribution in [0.15, 0.2) is 91.6 Å². The van der Waals surface area contributed by atoms with Crippen LogP contribution >= 0.6 is 0 Å². The first-order valence-electron chi connectivity index (χ1n) is 10.8. The summed E-state index contributed by atoms with van der Waals surface area (Å²) in [5, 5.41) is 3.66. The van der Waals surface area contributed by atoms with Crippen molar-refractivity contribution in [3.05, 3.63) is 103 Å². The molecule has 0 aliphatic carbocycles. The van der Waals surface area contributed by atoms with E-state index >= 15 is 0 Å². The normalized spacial score (nSPS) is 11.5. The largest absolute Gasteiger partial charge is 0.346 e. The van der Waals surface area contributed by atoms with Crippen LogP contribution < -0.4 is 5.32 Å². The monoisotopic (exact) mass is 483 g/mol. The van der Waals surface area contributed by atoms with Gasteiger partial charge in [0.2, 0.25) is 10.0 Å². The number of fused-ring (bicyclic) bond motifs is 1. The molecule has 35 heavy (non-hydrogen) atoms. The molecule has 4 aromatic heterocycles. The van der Waals surface area contributed by atoms with Crippen LogP contribution in [-0.2, 0) is 16.6 Å². The first kappa shape index (κ1) is 22.4. The first-order chi connectivity index (χ1) is 16.9. The van der Waals surface area contributed by atoms with Crippen molar-refractivity contribution >= 4 is 26.8 Å². The van der Waals surface area contributed by atoms with Gasteiger partial charge < -0.3 is 5.32 Å². The van der Waals surface area contributed by atoms with Crippen molar-refractivity contribution in [3.8, 4) is 22.4 Å². The Bertz CT molecular complexity index is 1650. The Morgan fingerprint density at radius 2 is 1.77 bits per heavy atom. The summed E-state index contributed by atoms with van der Waals surface area (Å²) in [6, 6.07) is 19.3. The number of nitrogens with zero attached hydrogens (tertiary/aromatic N) is 4. The summed E-state index contributed by atoms with van der Waals surface area (Å²) in [6.45, 7) is 0.183. The van der Waals surface area contributed by atoms with Gasteiger partial charge in [-0.25, -0.2) is 13.4 Å². The van der Waals surface area contributed by atoms with E-state index in [0.717, 1.165) is 43.5 Å². The first-order valence-corrected chi connectivity index (χ1v) is 12.6. The maximum absolute atomic E-state index is 12.4. The second kappa shape index (κ2) is 9.11. The summed E-state index contributed by atoms with van der Waals surface area (Å²) >= 11 is 0. The minimum atomic E-state index is -3.44. The van der Waals surface area contributed by atoms with E-state index in [1.54, 1.807) is 18.6 Å². The molecule has 8 nitrogen and oxygen atoms in total. The van der Waals surface area contributed by atoms with Crippen LogP contribution in [0.25, 0.3) is 33.3 Å². The number of hydrogen-bond donors (Lipinski definition) is 1. The van der Waals surface area contributed by atoms with Crippen molar-refractivity contribution in [1.82, 2.24) is 24.2 Å². The van der Waals surface area contributed by atoms with Gasteiger partial charge in [-0.15, -0.1) is 0 Å². The Balaban J connectivity index is 1.36.